The number of nitrogens with one attached hydrogen (secondary N) is 1. The molecule has 4 heterocycles. The fourth-order valence-electron chi connectivity index (χ4n) is 4.08. The first-order valence-electron chi connectivity index (χ1n) is 8.11. The first-order chi connectivity index (χ1) is 11.1. The zero-order valence-electron chi connectivity index (χ0n) is 13.4. The van der Waals surface area contributed by atoms with E-state index in [0.29, 0.717) is 11.8 Å². The molecule has 2 aliphatic heterocycles. The summed E-state index contributed by atoms with van der Waals surface area (Å²) in [5, 5.41) is 6.64. The minimum atomic E-state index is -0.0769. The van der Waals surface area contributed by atoms with E-state index in [4.69, 9.17) is 4.52 Å². The number of amides is 2. The zero-order chi connectivity index (χ0) is 16.0. The molecular formula is C16H21N5O2. The number of urea groups is 1. The molecule has 0 radical (unpaired) electrons. The van der Waals surface area contributed by atoms with E-state index in [1.54, 1.807) is 6.07 Å². The third-order valence-corrected chi connectivity index (χ3v) is 5.05. The lowest BCUT2D eigenvalue weighted by atomic mass is 9.90. The van der Waals surface area contributed by atoms with Gasteiger partial charge in [-0.25, -0.2) is 9.78 Å². The summed E-state index contributed by atoms with van der Waals surface area (Å²) in [6.07, 6.45) is 7.92. The molecule has 2 bridgehead atoms. The van der Waals surface area contributed by atoms with Crippen molar-refractivity contribution in [3.05, 3.63) is 30.0 Å². The quantitative estimate of drug-likeness (QED) is 0.924. The maximum absolute atomic E-state index is 12.6. The summed E-state index contributed by atoms with van der Waals surface area (Å²) in [6, 6.07) is 2.21. The summed E-state index contributed by atoms with van der Waals surface area (Å²) in [7, 11) is 2.04. The highest BCUT2D eigenvalue weighted by molar-refractivity contribution is 5.88. The third-order valence-electron chi connectivity index (χ3n) is 5.05. The first-order valence-corrected chi connectivity index (χ1v) is 8.11. The van der Waals surface area contributed by atoms with E-state index in [1.807, 2.05) is 31.3 Å². The highest BCUT2D eigenvalue weighted by Crippen LogP contribution is 2.42. The van der Waals surface area contributed by atoms with Crippen LogP contribution in [0.4, 0.5) is 10.7 Å². The molecule has 122 valence electrons. The molecule has 2 saturated heterocycles. The Morgan fingerprint density at radius 1 is 1.35 bits per heavy atom. The minimum Gasteiger partial charge on any atom is -0.338 e. The van der Waals surface area contributed by atoms with E-state index < -0.39 is 0 Å². The molecule has 1 N–H and O–H groups in total. The normalized spacial score (nSPS) is 26.5. The number of hydrogen-bond acceptors (Lipinski definition) is 4. The van der Waals surface area contributed by atoms with Crippen molar-refractivity contribution >= 4 is 11.9 Å². The molecule has 0 spiro atoms. The van der Waals surface area contributed by atoms with Crippen LogP contribution in [0, 0.1) is 6.92 Å². The van der Waals surface area contributed by atoms with Crippen molar-refractivity contribution in [1.29, 1.82) is 0 Å². The molecule has 2 amide bonds. The Balaban J connectivity index is 1.48. The summed E-state index contributed by atoms with van der Waals surface area (Å²) in [4.78, 5) is 19.1. The van der Waals surface area contributed by atoms with Gasteiger partial charge < -0.3 is 14.0 Å². The van der Waals surface area contributed by atoms with Crippen LogP contribution in [0.5, 0.6) is 0 Å². The average molecular weight is 315 g/mol. The number of hydrogen-bond donors (Lipinski definition) is 1. The highest BCUT2D eigenvalue weighted by Gasteiger charge is 2.44. The standard InChI is InChI=1S/C16H21N5O2/c1-10-7-14(23-19-10)18-16(22)21-12-3-4-13(21)9-11(8-12)15-17-5-6-20(15)2/h5-7,11-13H,3-4,8-9H2,1-2H3,(H,18,22)/t11?,12-,13+. The van der Waals surface area contributed by atoms with Gasteiger partial charge in [-0.2, -0.15) is 0 Å². The molecule has 0 aromatic carbocycles. The van der Waals surface area contributed by atoms with Gasteiger partial charge in [-0.1, -0.05) is 5.16 Å². The van der Waals surface area contributed by atoms with Crippen LogP contribution in [0.15, 0.2) is 23.0 Å². The van der Waals surface area contributed by atoms with Crippen LogP contribution in [0.3, 0.4) is 0 Å². The largest absolute Gasteiger partial charge is 0.338 e. The Kier molecular flexibility index (Phi) is 3.36. The van der Waals surface area contributed by atoms with Crippen molar-refractivity contribution in [3.8, 4) is 0 Å². The van der Waals surface area contributed by atoms with Gasteiger partial charge in [-0.3, -0.25) is 5.32 Å². The molecule has 2 aromatic heterocycles. The molecule has 7 nitrogen and oxygen atoms in total. The van der Waals surface area contributed by atoms with Crippen LogP contribution < -0.4 is 5.32 Å². The fraction of sp³-hybridized carbons (Fsp3) is 0.562. The van der Waals surface area contributed by atoms with E-state index in [2.05, 4.69) is 20.0 Å². The van der Waals surface area contributed by atoms with Gasteiger partial charge in [0.2, 0.25) is 5.88 Å². The summed E-state index contributed by atoms with van der Waals surface area (Å²) in [5.74, 6) is 1.98. The number of carbonyl (C=O) groups excluding carboxylic acids is 1. The summed E-state index contributed by atoms with van der Waals surface area (Å²) >= 11 is 0. The van der Waals surface area contributed by atoms with Crippen molar-refractivity contribution in [2.24, 2.45) is 7.05 Å². The summed E-state index contributed by atoms with van der Waals surface area (Å²) in [5.41, 5.74) is 0.761. The van der Waals surface area contributed by atoms with E-state index in [1.165, 1.54) is 0 Å². The zero-order valence-corrected chi connectivity index (χ0v) is 13.4. The maximum Gasteiger partial charge on any atom is 0.324 e. The van der Waals surface area contributed by atoms with E-state index in [-0.39, 0.29) is 18.1 Å². The van der Waals surface area contributed by atoms with Crippen LogP contribution in [-0.4, -0.2) is 37.7 Å². The average Bonchev–Trinajstić information content (AvgIpc) is 3.18. The molecule has 4 rings (SSSR count). The smallest absolute Gasteiger partial charge is 0.324 e. The maximum atomic E-state index is 12.6. The molecule has 0 saturated carbocycles. The van der Waals surface area contributed by atoms with Crippen molar-refractivity contribution < 1.29 is 9.32 Å². The Bertz CT molecular complexity index is 708. The molecule has 23 heavy (non-hydrogen) atoms. The number of aryl methyl sites for hydroxylation is 2. The van der Waals surface area contributed by atoms with Gasteiger partial charge in [-0.15, -0.1) is 0 Å². The second kappa shape index (κ2) is 5.40. The Morgan fingerprint density at radius 3 is 2.65 bits per heavy atom. The van der Waals surface area contributed by atoms with Crippen molar-refractivity contribution in [2.75, 3.05) is 5.32 Å². The number of nitrogens with zero attached hydrogens (tertiary/aromatic N) is 4. The number of piperidine rings is 1. The predicted molar refractivity (Wildman–Crippen MR) is 84.1 cm³/mol. The lowest BCUT2D eigenvalue weighted by Crippen LogP contribution is -2.48. The van der Waals surface area contributed by atoms with Crippen LogP contribution in [0.1, 0.15) is 43.1 Å². The highest BCUT2D eigenvalue weighted by atomic mass is 16.5. The number of fused-ring (bicyclic) bond motifs is 2. The van der Waals surface area contributed by atoms with Crippen molar-refractivity contribution in [2.45, 2.75) is 50.6 Å². The van der Waals surface area contributed by atoms with Gasteiger partial charge in [0.15, 0.2) is 0 Å². The monoisotopic (exact) mass is 315 g/mol. The first kappa shape index (κ1) is 14.3. The van der Waals surface area contributed by atoms with Gasteiger partial charge in [0.05, 0.1) is 5.69 Å². The van der Waals surface area contributed by atoms with Crippen LogP contribution in [0.2, 0.25) is 0 Å². The summed E-state index contributed by atoms with van der Waals surface area (Å²) in [6.45, 7) is 1.83. The lowest BCUT2D eigenvalue weighted by molar-refractivity contribution is 0.146. The van der Waals surface area contributed by atoms with Crippen LogP contribution in [-0.2, 0) is 7.05 Å². The van der Waals surface area contributed by atoms with E-state index >= 15 is 0 Å². The fourth-order valence-corrected chi connectivity index (χ4v) is 4.08. The van der Waals surface area contributed by atoms with E-state index in [0.717, 1.165) is 37.2 Å². The number of imidazole rings is 1. The van der Waals surface area contributed by atoms with Gasteiger partial charge in [0.25, 0.3) is 0 Å². The van der Waals surface area contributed by atoms with Crippen molar-refractivity contribution in [3.63, 3.8) is 0 Å². The Labute approximate surface area is 134 Å². The second-order valence-corrected chi connectivity index (χ2v) is 6.62. The number of anilines is 1. The molecule has 2 aliphatic rings. The SMILES string of the molecule is Cc1cc(NC(=O)N2[C@@H]3CC[C@H]2CC(c2nccn2C)C3)on1. The van der Waals surface area contributed by atoms with E-state index in [9.17, 15) is 4.79 Å². The molecule has 2 fully saturated rings. The van der Waals surface area contributed by atoms with Gasteiger partial charge in [0, 0.05) is 43.5 Å². The van der Waals surface area contributed by atoms with Crippen molar-refractivity contribution in [1.82, 2.24) is 19.6 Å². The Morgan fingerprint density at radius 2 is 2.09 bits per heavy atom. The number of rotatable bonds is 2. The molecular weight excluding hydrogens is 294 g/mol. The summed E-state index contributed by atoms with van der Waals surface area (Å²) < 4.78 is 7.18. The predicted octanol–water partition coefficient (Wildman–Crippen LogP) is 2.66. The van der Waals surface area contributed by atoms with Crippen LogP contribution in [0.25, 0.3) is 0 Å². The minimum absolute atomic E-state index is 0.0769. The molecule has 3 atom stereocenters. The number of carbonyl (C=O) groups is 1. The number of aromatic nitrogens is 3. The van der Waals surface area contributed by atoms with Gasteiger partial charge in [-0.05, 0) is 32.6 Å². The third kappa shape index (κ3) is 2.50. The van der Waals surface area contributed by atoms with Crippen LogP contribution >= 0.6 is 0 Å². The Hall–Kier alpha value is -2.31. The second-order valence-electron chi connectivity index (χ2n) is 6.62. The topological polar surface area (TPSA) is 76.2 Å². The molecule has 1 unspecified atom stereocenters. The van der Waals surface area contributed by atoms with Gasteiger partial charge >= 0.3 is 6.03 Å². The molecule has 7 heteroatoms. The molecule has 2 aromatic rings. The molecule has 0 aliphatic carbocycles. The lowest BCUT2D eigenvalue weighted by Gasteiger charge is -2.38. The van der Waals surface area contributed by atoms with Gasteiger partial charge in [0.1, 0.15) is 5.82 Å².